The summed E-state index contributed by atoms with van der Waals surface area (Å²) in [6.07, 6.45) is 0.845. The molecule has 0 saturated carbocycles. The molecule has 0 aliphatic carbocycles. The lowest BCUT2D eigenvalue weighted by Gasteiger charge is -2.28. The van der Waals surface area contributed by atoms with Gasteiger partial charge in [-0.15, -0.1) is 0 Å². The summed E-state index contributed by atoms with van der Waals surface area (Å²) >= 11 is 1.79. The Labute approximate surface area is 99.3 Å². The van der Waals surface area contributed by atoms with Crippen LogP contribution in [0.4, 0.5) is 0 Å². The summed E-state index contributed by atoms with van der Waals surface area (Å²) in [4.78, 5) is 25.1. The Balaban J connectivity index is 1.93. The molecule has 0 spiro atoms. The number of hydrogen-bond acceptors (Lipinski definition) is 4. The summed E-state index contributed by atoms with van der Waals surface area (Å²) in [5, 5.41) is 5.98. The van der Waals surface area contributed by atoms with Crippen molar-refractivity contribution in [3.8, 4) is 0 Å². The van der Waals surface area contributed by atoms with Crippen molar-refractivity contribution in [2.75, 3.05) is 37.7 Å². The molecule has 16 heavy (non-hydrogen) atoms. The number of nitrogens with one attached hydrogen (secondary N) is 2. The third-order valence-corrected chi connectivity index (χ3v) is 3.85. The molecule has 0 aromatic rings. The van der Waals surface area contributed by atoms with E-state index >= 15 is 0 Å². The molecule has 6 heteroatoms. The average Bonchev–Trinajstić information content (AvgIpc) is 2.54. The predicted octanol–water partition coefficient (Wildman–Crippen LogP) is -0.960. The van der Waals surface area contributed by atoms with Gasteiger partial charge in [-0.25, -0.2) is 0 Å². The quantitative estimate of drug-likeness (QED) is 0.623. The fraction of sp³-hybridized carbons (Fsp3) is 0.800. The van der Waals surface area contributed by atoms with Crippen LogP contribution in [0, 0.1) is 0 Å². The molecule has 0 bridgehead atoms. The largest absolute Gasteiger partial charge is 0.354 e. The van der Waals surface area contributed by atoms with Crippen LogP contribution in [-0.2, 0) is 9.59 Å². The minimum atomic E-state index is -0.107. The summed E-state index contributed by atoms with van der Waals surface area (Å²) in [5.74, 6) is 1.90. The van der Waals surface area contributed by atoms with E-state index in [0.29, 0.717) is 13.1 Å². The Bertz CT molecular complexity index is 279. The number of hydrogen-bond donors (Lipinski definition) is 2. The molecule has 2 N–H and O–H groups in total. The lowest BCUT2D eigenvalue weighted by molar-refractivity contribution is -0.136. The first-order valence-corrected chi connectivity index (χ1v) is 6.79. The third-order valence-electron chi connectivity index (χ3n) is 2.79. The standard InChI is InChI=1S/C10H17N3O2S/c14-9-6-13(4-1-2-12-9)10(15)8-7-16-5-3-11-8/h8,11H,1-7H2,(H,12,14). The van der Waals surface area contributed by atoms with Gasteiger partial charge in [-0.1, -0.05) is 0 Å². The molecule has 2 aliphatic heterocycles. The van der Waals surface area contributed by atoms with Gasteiger partial charge >= 0.3 is 0 Å². The smallest absolute Gasteiger partial charge is 0.241 e. The van der Waals surface area contributed by atoms with E-state index < -0.39 is 0 Å². The van der Waals surface area contributed by atoms with Crippen LogP contribution in [0.25, 0.3) is 0 Å². The Hall–Kier alpha value is -0.750. The summed E-state index contributed by atoms with van der Waals surface area (Å²) in [7, 11) is 0. The van der Waals surface area contributed by atoms with E-state index in [4.69, 9.17) is 0 Å². The lowest BCUT2D eigenvalue weighted by Crippen LogP contribution is -2.51. The van der Waals surface area contributed by atoms with Gasteiger partial charge in [0.25, 0.3) is 0 Å². The first-order valence-electron chi connectivity index (χ1n) is 5.64. The highest BCUT2D eigenvalue weighted by Crippen LogP contribution is 2.10. The Kier molecular flexibility index (Phi) is 4.06. The zero-order valence-electron chi connectivity index (χ0n) is 9.20. The highest BCUT2D eigenvalue weighted by molar-refractivity contribution is 7.99. The van der Waals surface area contributed by atoms with Crippen molar-refractivity contribution in [2.24, 2.45) is 0 Å². The van der Waals surface area contributed by atoms with Gasteiger partial charge in [-0.05, 0) is 6.42 Å². The van der Waals surface area contributed by atoms with Gasteiger partial charge in [0.2, 0.25) is 11.8 Å². The van der Waals surface area contributed by atoms with Crippen LogP contribution in [0.15, 0.2) is 0 Å². The van der Waals surface area contributed by atoms with Crippen LogP contribution < -0.4 is 10.6 Å². The summed E-state index contributed by atoms with van der Waals surface area (Å²) < 4.78 is 0. The van der Waals surface area contributed by atoms with E-state index in [1.807, 2.05) is 0 Å². The van der Waals surface area contributed by atoms with Gasteiger partial charge in [0.1, 0.15) is 0 Å². The van der Waals surface area contributed by atoms with Crippen molar-refractivity contribution < 1.29 is 9.59 Å². The van der Waals surface area contributed by atoms with Crippen molar-refractivity contribution in [3.63, 3.8) is 0 Å². The van der Waals surface area contributed by atoms with Gasteiger partial charge in [-0.2, -0.15) is 11.8 Å². The van der Waals surface area contributed by atoms with E-state index in [2.05, 4.69) is 10.6 Å². The molecule has 5 nitrogen and oxygen atoms in total. The third kappa shape index (κ3) is 2.89. The number of amides is 2. The number of rotatable bonds is 1. The zero-order valence-corrected chi connectivity index (χ0v) is 10.0. The minimum absolute atomic E-state index is 0.0469. The van der Waals surface area contributed by atoms with Crippen LogP contribution in [0.1, 0.15) is 6.42 Å². The first kappa shape index (κ1) is 11.7. The van der Waals surface area contributed by atoms with E-state index in [0.717, 1.165) is 24.5 Å². The predicted molar refractivity (Wildman–Crippen MR) is 63.3 cm³/mol. The van der Waals surface area contributed by atoms with Gasteiger partial charge in [0.05, 0.1) is 12.6 Å². The van der Waals surface area contributed by atoms with Crippen LogP contribution in [0.3, 0.4) is 0 Å². The van der Waals surface area contributed by atoms with Gasteiger partial charge < -0.3 is 15.5 Å². The molecule has 2 aliphatic rings. The van der Waals surface area contributed by atoms with Crippen LogP contribution >= 0.6 is 11.8 Å². The van der Waals surface area contributed by atoms with Gasteiger partial charge in [-0.3, -0.25) is 9.59 Å². The molecule has 0 radical (unpaired) electrons. The van der Waals surface area contributed by atoms with Crippen molar-refractivity contribution >= 4 is 23.6 Å². The number of thioether (sulfide) groups is 1. The molecule has 2 fully saturated rings. The Morgan fingerprint density at radius 1 is 1.44 bits per heavy atom. The van der Waals surface area contributed by atoms with E-state index in [9.17, 15) is 9.59 Å². The number of carbonyl (C=O) groups excluding carboxylic acids is 2. The molecule has 1 atom stereocenters. The van der Waals surface area contributed by atoms with Crippen LogP contribution in [0.5, 0.6) is 0 Å². The number of carbonyl (C=O) groups is 2. The van der Waals surface area contributed by atoms with E-state index in [1.165, 1.54) is 0 Å². The van der Waals surface area contributed by atoms with Crippen molar-refractivity contribution in [1.29, 1.82) is 0 Å². The average molecular weight is 243 g/mol. The van der Waals surface area contributed by atoms with Gasteiger partial charge in [0, 0.05) is 31.1 Å². The van der Waals surface area contributed by atoms with Crippen molar-refractivity contribution in [2.45, 2.75) is 12.5 Å². The molecule has 90 valence electrons. The second kappa shape index (κ2) is 5.54. The summed E-state index contributed by atoms with van der Waals surface area (Å²) in [6, 6.07) is -0.107. The highest BCUT2D eigenvalue weighted by Gasteiger charge is 2.27. The fourth-order valence-corrected chi connectivity index (χ4v) is 2.86. The zero-order chi connectivity index (χ0) is 11.4. The lowest BCUT2D eigenvalue weighted by atomic mass is 10.2. The van der Waals surface area contributed by atoms with Crippen LogP contribution in [-0.4, -0.2) is 60.4 Å². The molecule has 0 aromatic heterocycles. The molecule has 2 rings (SSSR count). The van der Waals surface area contributed by atoms with Crippen LogP contribution in [0.2, 0.25) is 0 Å². The Morgan fingerprint density at radius 2 is 2.31 bits per heavy atom. The maximum Gasteiger partial charge on any atom is 0.241 e. The molecule has 2 saturated heterocycles. The maximum atomic E-state index is 12.1. The topological polar surface area (TPSA) is 61.4 Å². The summed E-state index contributed by atoms with van der Waals surface area (Å²) in [5.41, 5.74) is 0. The van der Waals surface area contributed by atoms with Crippen molar-refractivity contribution in [3.05, 3.63) is 0 Å². The number of nitrogens with zero attached hydrogens (tertiary/aromatic N) is 1. The molecule has 1 unspecified atom stereocenters. The van der Waals surface area contributed by atoms with E-state index in [1.54, 1.807) is 16.7 Å². The second-order valence-corrected chi connectivity index (χ2v) is 5.19. The molecular weight excluding hydrogens is 226 g/mol. The normalized spacial score (nSPS) is 27.1. The molecule has 2 heterocycles. The fourth-order valence-electron chi connectivity index (χ4n) is 1.94. The SMILES string of the molecule is O=C1CN(C(=O)C2CSCCN2)CCCN1. The minimum Gasteiger partial charge on any atom is -0.354 e. The molecule has 2 amide bonds. The Morgan fingerprint density at radius 3 is 3.06 bits per heavy atom. The molecular formula is C10H17N3O2S. The highest BCUT2D eigenvalue weighted by atomic mass is 32.2. The maximum absolute atomic E-state index is 12.1. The monoisotopic (exact) mass is 243 g/mol. The van der Waals surface area contributed by atoms with Crippen molar-refractivity contribution in [1.82, 2.24) is 15.5 Å². The second-order valence-electron chi connectivity index (χ2n) is 4.04. The summed E-state index contributed by atoms with van der Waals surface area (Å²) in [6.45, 7) is 2.44. The van der Waals surface area contributed by atoms with E-state index in [-0.39, 0.29) is 24.4 Å². The van der Waals surface area contributed by atoms with Gasteiger partial charge in [0.15, 0.2) is 0 Å². The first-order chi connectivity index (χ1) is 7.77. The molecule has 0 aromatic carbocycles.